The fourth-order valence-electron chi connectivity index (χ4n) is 2.46. The molecule has 0 radical (unpaired) electrons. The molecule has 1 aliphatic rings. The van der Waals surface area contributed by atoms with E-state index in [0.29, 0.717) is 6.42 Å². The molecule has 0 unspecified atom stereocenters. The first kappa shape index (κ1) is 13.8. The van der Waals surface area contributed by atoms with Gasteiger partial charge in [-0.1, -0.05) is 0 Å². The lowest BCUT2D eigenvalue weighted by Gasteiger charge is -2.20. The van der Waals surface area contributed by atoms with Crippen molar-refractivity contribution < 1.29 is 9.59 Å². The van der Waals surface area contributed by atoms with Crippen LogP contribution in [-0.2, 0) is 17.8 Å². The Morgan fingerprint density at radius 3 is 2.63 bits per heavy atom. The van der Waals surface area contributed by atoms with Gasteiger partial charge in [-0.15, -0.1) is 0 Å². The lowest BCUT2D eigenvalue weighted by molar-refractivity contribution is -0.123. The Balaban J connectivity index is 2.09. The summed E-state index contributed by atoms with van der Waals surface area (Å²) in [6.45, 7) is 6.15. The van der Waals surface area contributed by atoms with Crippen LogP contribution >= 0.6 is 0 Å². The van der Waals surface area contributed by atoms with E-state index in [2.05, 4.69) is 5.32 Å². The highest BCUT2D eigenvalue weighted by molar-refractivity contribution is 5.97. The third-order valence-electron chi connectivity index (χ3n) is 3.20. The molecule has 1 aromatic rings. The van der Waals surface area contributed by atoms with E-state index in [1.165, 1.54) is 0 Å². The highest BCUT2D eigenvalue weighted by Crippen LogP contribution is 2.21. The Kier molecular flexibility index (Phi) is 3.78. The highest BCUT2D eigenvalue weighted by atomic mass is 16.2. The Morgan fingerprint density at radius 2 is 1.95 bits per heavy atom. The molecule has 0 aromatic carbocycles. The molecule has 1 aromatic heterocycles. The van der Waals surface area contributed by atoms with Crippen molar-refractivity contribution in [2.75, 3.05) is 0 Å². The first-order chi connectivity index (χ1) is 8.85. The number of rotatable bonds is 2. The van der Waals surface area contributed by atoms with Gasteiger partial charge >= 0.3 is 0 Å². The average molecular weight is 262 g/mol. The summed E-state index contributed by atoms with van der Waals surface area (Å²) in [5.74, 6) is 0.188. The number of amides is 1. The number of hydrogen-bond acceptors (Lipinski definition) is 2. The molecule has 0 fully saturated rings. The number of nitrogens with one attached hydrogen (secondary N) is 1. The predicted octanol–water partition coefficient (Wildman–Crippen LogP) is 2.31. The standard InChI is InChI=1S/C15H22N2O2/c1-15(2,3)16-14(19)10-17-8-11-6-4-5-7-13(18)12(11)9-17/h8-9H,4-7,10H2,1-3H3,(H,16,19). The smallest absolute Gasteiger partial charge is 0.240 e. The van der Waals surface area contributed by atoms with Crippen LogP contribution in [0.15, 0.2) is 12.4 Å². The fraction of sp³-hybridized carbons (Fsp3) is 0.600. The number of aromatic nitrogens is 1. The second-order valence-electron chi connectivity index (χ2n) is 6.30. The van der Waals surface area contributed by atoms with Crippen molar-refractivity contribution >= 4 is 11.7 Å². The predicted molar refractivity (Wildman–Crippen MR) is 74.2 cm³/mol. The van der Waals surface area contributed by atoms with Crippen LogP contribution in [0.5, 0.6) is 0 Å². The van der Waals surface area contributed by atoms with E-state index in [1.807, 2.05) is 37.7 Å². The third kappa shape index (κ3) is 3.69. The van der Waals surface area contributed by atoms with Crippen molar-refractivity contribution in [3.05, 3.63) is 23.5 Å². The lowest BCUT2D eigenvalue weighted by Crippen LogP contribution is -2.42. The van der Waals surface area contributed by atoms with Crippen molar-refractivity contribution in [2.24, 2.45) is 0 Å². The van der Waals surface area contributed by atoms with E-state index in [9.17, 15) is 9.59 Å². The van der Waals surface area contributed by atoms with E-state index in [1.54, 1.807) is 0 Å². The van der Waals surface area contributed by atoms with Crippen LogP contribution in [0.25, 0.3) is 0 Å². The molecule has 2 rings (SSSR count). The zero-order valence-electron chi connectivity index (χ0n) is 12.0. The summed E-state index contributed by atoms with van der Waals surface area (Å²) < 4.78 is 1.83. The van der Waals surface area contributed by atoms with E-state index in [0.717, 1.165) is 30.4 Å². The number of Topliss-reactive ketones (excluding diaryl/α,β-unsaturated/α-hetero) is 1. The zero-order valence-corrected chi connectivity index (χ0v) is 12.0. The first-order valence-corrected chi connectivity index (χ1v) is 6.88. The van der Waals surface area contributed by atoms with Crippen LogP contribution in [0.1, 0.15) is 56.0 Å². The quantitative estimate of drug-likeness (QED) is 0.831. The number of carbonyl (C=O) groups is 2. The molecule has 4 heteroatoms. The molecule has 0 spiro atoms. The number of nitrogens with zero attached hydrogens (tertiary/aromatic N) is 1. The zero-order chi connectivity index (χ0) is 14.0. The molecule has 4 nitrogen and oxygen atoms in total. The molecule has 1 aliphatic carbocycles. The van der Waals surface area contributed by atoms with Crippen LogP contribution in [0, 0.1) is 0 Å². The number of hydrogen-bond donors (Lipinski definition) is 1. The van der Waals surface area contributed by atoms with Crippen molar-refractivity contribution in [1.29, 1.82) is 0 Å². The normalized spacial score (nSPS) is 15.8. The maximum absolute atomic E-state index is 11.9. The van der Waals surface area contributed by atoms with Gasteiger partial charge in [-0.2, -0.15) is 0 Å². The number of aryl methyl sites for hydroxylation is 1. The van der Waals surface area contributed by atoms with Crippen molar-refractivity contribution in [3.63, 3.8) is 0 Å². The fourth-order valence-corrected chi connectivity index (χ4v) is 2.46. The summed E-state index contributed by atoms with van der Waals surface area (Å²) in [7, 11) is 0. The van der Waals surface area contributed by atoms with Gasteiger partial charge in [0.05, 0.1) is 0 Å². The minimum atomic E-state index is -0.225. The van der Waals surface area contributed by atoms with Crippen LogP contribution < -0.4 is 5.32 Å². The maximum atomic E-state index is 11.9. The van der Waals surface area contributed by atoms with Gasteiger partial charge in [-0.3, -0.25) is 9.59 Å². The number of fused-ring (bicyclic) bond motifs is 1. The molecule has 19 heavy (non-hydrogen) atoms. The Morgan fingerprint density at radius 1 is 1.26 bits per heavy atom. The Labute approximate surface area is 114 Å². The summed E-state index contributed by atoms with van der Waals surface area (Å²) in [4.78, 5) is 23.8. The highest BCUT2D eigenvalue weighted by Gasteiger charge is 2.19. The monoisotopic (exact) mass is 262 g/mol. The lowest BCUT2D eigenvalue weighted by atomic mass is 10.1. The molecule has 1 amide bonds. The second-order valence-corrected chi connectivity index (χ2v) is 6.30. The molecular formula is C15H22N2O2. The molecule has 1 heterocycles. The SMILES string of the molecule is CC(C)(C)NC(=O)Cn1cc2c(c1)C(=O)CCCC2. The summed E-state index contributed by atoms with van der Waals surface area (Å²) >= 11 is 0. The Bertz CT molecular complexity index is 495. The van der Waals surface area contributed by atoms with Gasteiger partial charge in [0.25, 0.3) is 0 Å². The van der Waals surface area contributed by atoms with Gasteiger partial charge in [0.1, 0.15) is 6.54 Å². The van der Waals surface area contributed by atoms with Gasteiger partial charge in [-0.05, 0) is 45.6 Å². The van der Waals surface area contributed by atoms with E-state index in [4.69, 9.17) is 0 Å². The molecule has 0 atom stereocenters. The largest absolute Gasteiger partial charge is 0.350 e. The second kappa shape index (κ2) is 5.19. The molecule has 104 valence electrons. The van der Waals surface area contributed by atoms with Crippen molar-refractivity contribution in [1.82, 2.24) is 9.88 Å². The van der Waals surface area contributed by atoms with Crippen molar-refractivity contribution in [2.45, 2.75) is 58.5 Å². The summed E-state index contributed by atoms with van der Waals surface area (Å²) in [6.07, 6.45) is 7.36. The van der Waals surface area contributed by atoms with E-state index >= 15 is 0 Å². The van der Waals surface area contributed by atoms with Crippen molar-refractivity contribution in [3.8, 4) is 0 Å². The van der Waals surface area contributed by atoms with Crippen LogP contribution in [0.3, 0.4) is 0 Å². The van der Waals surface area contributed by atoms with Gasteiger partial charge in [-0.25, -0.2) is 0 Å². The molecule has 0 bridgehead atoms. The topological polar surface area (TPSA) is 51.1 Å². The summed E-state index contributed by atoms with van der Waals surface area (Å²) in [6, 6.07) is 0. The minimum Gasteiger partial charge on any atom is -0.350 e. The summed E-state index contributed by atoms with van der Waals surface area (Å²) in [5, 5.41) is 2.93. The summed E-state index contributed by atoms with van der Waals surface area (Å²) in [5.41, 5.74) is 1.67. The van der Waals surface area contributed by atoms with Crippen LogP contribution in [0.2, 0.25) is 0 Å². The van der Waals surface area contributed by atoms with Crippen LogP contribution in [-0.4, -0.2) is 21.8 Å². The first-order valence-electron chi connectivity index (χ1n) is 6.88. The Hall–Kier alpha value is -1.58. The third-order valence-corrected chi connectivity index (χ3v) is 3.20. The van der Waals surface area contributed by atoms with E-state index in [-0.39, 0.29) is 23.8 Å². The molecule has 0 aliphatic heterocycles. The van der Waals surface area contributed by atoms with Crippen LogP contribution in [0.4, 0.5) is 0 Å². The van der Waals surface area contributed by atoms with Gasteiger partial charge < -0.3 is 9.88 Å². The molecule has 1 N–H and O–H groups in total. The minimum absolute atomic E-state index is 0.0230. The van der Waals surface area contributed by atoms with Gasteiger partial charge in [0.15, 0.2) is 5.78 Å². The molecular weight excluding hydrogens is 240 g/mol. The maximum Gasteiger partial charge on any atom is 0.240 e. The number of carbonyl (C=O) groups excluding carboxylic acids is 2. The van der Waals surface area contributed by atoms with Gasteiger partial charge in [0.2, 0.25) is 5.91 Å². The number of ketones is 1. The molecule has 0 saturated carbocycles. The molecule has 0 saturated heterocycles. The average Bonchev–Trinajstić information content (AvgIpc) is 2.57. The van der Waals surface area contributed by atoms with Gasteiger partial charge in [0, 0.05) is 29.9 Å². The van der Waals surface area contributed by atoms with E-state index < -0.39 is 0 Å².